The Labute approximate surface area is 152 Å². The van der Waals surface area contributed by atoms with E-state index in [0.29, 0.717) is 5.75 Å². The minimum atomic E-state index is 0.170. The summed E-state index contributed by atoms with van der Waals surface area (Å²) in [6.45, 7) is 4.12. The molecule has 0 bridgehead atoms. The topological polar surface area (TPSA) is 23.6 Å². The van der Waals surface area contributed by atoms with Crippen LogP contribution in [0.5, 0.6) is 0 Å². The summed E-state index contributed by atoms with van der Waals surface area (Å²) in [7, 11) is 1.90. The first-order valence-corrected chi connectivity index (χ1v) is 9.78. The zero-order chi connectivity index (χ0) is 16.9. The van der Waals surface area contributed by atoms with Crippen LogP contribution in [0.3, 0.4) is 0 Å². The van der Waals surface area contributed by atoms with Crippen molar-refractivity contribution in [2.45, 2.75) is 17.7 Å². The van der Waals surface area contributed by atoms with E-state index in [9.17, 15) is 4.79 Å². The van der Waals surface area contributed by atoms with Gasteiger partial charge in [-0.3, -0.25) is 4.79 Å². The summed E-state index contributed by atoms with van der Waals surface area (Å²) in [4.78, 5) is 17.7. The highest BCUT2D eigenvalue weighted by atomic mass is 35.5. The quantitative estimate of drug-likeness (QED) is 0.721. The Morgan fingerprint density at radius 1 is 1.21 bits per heavy atom. The molecule has 1 aliphatic rings. The van der Waals surface area contributed by atoms with E-state index in [1.54, 1.807) is 11.8 Å². The Bertz CT molecular complexity index is 710. The highest BCUT2D eigenvalue weighted by molar-refractivity contribution is 8.00. The van der Waals surface area contributed by atoms with Crippen LogP contribution in [0.15, 0.2) is 41.3 Å². The molecular formula is C19H23ClN2OS. The first-order chi connectivity index (χ1) is 11.6. The number of likely N-dealkylation sites (tertiary alicyclic amines) is 1. The molecule has 0 atom stereocenters. The number of rotatable bonds is 6. The number of hydrogen-bond acceptors (Lipinski definition) is 3. The van der Waals surface area contributed by atoms with E-state index in [4.69, 9.17) is 11.6 Å². The zero-order valence-corrected chi connectivity index (χ0v) is 15.6. The molecule has 1 saturated heterocycles. The van der Waals surface area contributed by atoms with Crippen LogP contribution in [-0.2, 0) is 4.79 Å². The predicted octanol–water partition coefficient (Wildman–Crippen LogP) is 4.14. The van der Waals surface area contributed by atoms with E-state index in [-0.39, 0.29) is 5.91 Å². The van der Waals surface area contributed by atoms with Crippen molar-refractivity contribution in [1.82, 2.24) is 9.80 Å². The first-order valence-electron chi connectivity index (χ1n) is 8.41. The van der Waals surface area contributed by atoms with Gasteiger partial charge in [0.15, 0.2) is 0 Å². The average molecular weight is 363 g/mol. The number of carbonyl (C=O) groups excluding carboxylic acids is 1. The summed E-state index contributed by atoms with van der Waals surface area (Å²) in [5.41, 5.74) is 0. The van der Waals surface area contributed by atoms with Gasteiger partial charge < -0.3 is 9.80 Å². The van der Waals surface area contributed by atoms with Gasteiger partial charge in [-0.15, -0.1) is 11.8 Å². The van der Waals surface area contributed by atoms with Crippen molar-refractivity contribution in [2.75, 3.05) is 39.0 Å². The van der Waals surface area contributed by atoms with E-state index >= 15 is 0 Å². The smallest absolute Gasteiger partial charge is 0.232 e. The van der Waals surface area contributed by atoms with Crippen LogP contribution in [0, 0.1) is 0 Å². The number of fused-ring (bicyclic) bond motifs is 1. The molecule has 1 aliphatic heterocycles. The summed E-state index contributed by atoms with van der Waals surface area (Å²) in [6.07, 6.45) is 2.57. The molecule has 0 radical (unpaired) electrons. The fourth-order valence-electron chi connectivity index (χ4n) is 3.05. The van der Waals surface area contributed by atoms with Gasteiger partial charge in [-0.2, -0.15) is 0 Å². The molecule has 2 aromatic carbocycles. The van der Waals surface area contributed by atoms with Gasteiger partial charge in [-0.1, -0.05) is 35.9 Å². The highest BCUT2D eigenvalue weighted by Crippen LogP contribution is 2.33. The standard InChI is InChI=1S/C19H23ClN2OS/c1-21(12-13-22-10-2-3-11-22)18(23)14-24-17-9-5-7-15-6-4-8-16(20)19(15)17/h4-9H,2-3,10-14H2,1H3. The van der Waals surface area contributed by atoms with Crippen LogP contribution >= 0.6 is 23.4 Å². The molecule has 0 saturated carbocycles. The van der Waals surface area contributed by atoms with Crippen molar-refractivity contribution >= 4 is 40.0 Å². The largest absolute Gasteiger partial charge is 0.344 e. The molecule has 24 heavy (non-hydrogen) atoms. The lowest BCUT2D eigenvalue weighted by Gasteiger charge is -2.21. The number of carbonyl (C=O) groups is 1. The van der Waals surface area contributed by atoms with Crippen molar-refractivity contribution in [2.24, 2.45) is 0 Å². The SMILES string of the molecule is CN(CCN1CCCC1)C(=O)CSc1cccc2cccc(Cl)c12. The van der Waals surface area contributed by atoms with E-state index in [1.165, 1.54) is 25.9 Å². The maximum atomic E-state index is 12.4. The van der Waals surface area contributed by atoms with Gasteiger partial charge in [0, 0.05) is 35.4 Å². The molecule has 3 nitrogen and oxygen atoms in total. The number of nitrogens with zero attached hydrogens (tertiary/aromatic N) is 2. The van der Waals surface area contributed by atoms with E-state index in [1.807, 2.05) is 36.2 Å². The third-order valence-corrected chi connectivity index (χ3v) is 5.90. The molecule has 1 fully saturated rings. The molecule has 0 aromatic heterocycles. The van der Waals surface area contributed by atoms with Gasteiger partial charge in [0.25, 0.3) is 0 Å². The maximum Gasteiger partial charge on any atom is 0.232 e. The molecule has 0 unspecified atom stereocenters. The van der Waals surface area contributed by atoms with E-state index in [2.05, 4.69) is 17.0 Å². The Morgan fingerprint density at radius 3 is 2.67 bits per heavy atom. The molecule has 0 N–H and O–H groups in total. The van der Waals surface area contributed by atoms with Crippen LogP contribution in [0.25, 0.3) is 10.8 Å². The second kappa shape index (κ2) is 8.24. The lowest BCUT2D eigenvalue weighted by Crippen LogP contribution is -2.36. The van der Waals surface area contributed by atoms with Gasteiger partial charge in [0.05, 0.1) is 5.75 Å². The molecule has 1 amide bonds. The van der Waals surface area contributed by atoms with Gasteiger partial charge in [0.2, 0.25) is 5.91 Å². The Balaban J connectivity index is 1.58. The molecule has 2 aromatic rings. The summed E-state index contributed by atoms with van der Waals surface area (Å²) in [5, 5.41) is 2.90. The summed E-state index contributed by atoms with van der Waals surface area (Å²) in [6, 6.07) is 12.0. The van der Waals surface area contributed by atoms with E-state index in [0.717, 1.165) is 33.8 Å². The van der Waals surface area contributed by atoms with Crippen LogP contribution in [0.1, 0.15) is 12.8 Å². The lowest BCUT2D eigenvalue weighted by atomic mass is 10.1. The zero-order valence-electron chi connectivity index (χ0n) is 14.0. The van der Waals surface area contributed by atoms with Gasteiger partial charge in [0.1, 0.15) is 0 Å². The lowest BCUT2D eigenvalue weighted by molar-refractivity contribution is -0.127. The fourth-order valence-corrected chi connectivity index (χ4v) is 4.44. The second-order valence-corrected chi connectivity index (χ2v) is 7.67. The maximum absolute atomic E-state index is 12.4. The monoisotopic (exact) mass is 362 g/mol. The average Bonchev–Trinajstić information content (AvgIpc) is 3.11. The molecule has 0 spiro atoms. The van der Waals surface area contributed by atoms with Gasteiger partial charge in [-0.25, -0.2) is 0 Å². The third kappa shape index (κ3) is 4.24. The van der Waals surface area contributed by atoms with Crippen LogP contribution in [0.4, 0.5) is 0 Å². The number of halogens is 1. The number of likely N-dealkylation sites (N-methyl/N-ethyl adjacent to an activating group) is 1. The van der Waals surface area contributed by atoms with Crippen molar-refractivity contribution in [3.05, 3.63) is 41.4 Å². The summed E-state index contributed by atoms with van der Waals surface area (Å²) in [5.74, 6) is 0.615. The predicted molar refractivity (Wildman–Crippen MR) is 103 cm³/mol. The first kappa shape index (κ1) is 17.6. The minimum absolute atomic E-state index is 0.170. The van der Waals surface area contributed by atoms with Crippen LogP contribution in [-0.4, -0.2) is 54.7 Å². The molecule has 0 aliphatic carbocycles. The number of thioether (sulfide) groups is 1. The second-order valence-electron chi connectivity index (χ2n) is 6.25. The minimum Gasteiger partial charge on any atom is -0.344 e. The van der Waals surface area contributed by atoms with Crippen molar-refractivity contribution in [3.8, 4) is 0 Å². The fraction of sp³-hybridized carbons (Fsp3) is 0.421. The molecule has 1 heterocycles. The number of benzene rings is 2. The van der Waals surface area contributed by atoms with Crippen molar-refractivity contribution < 1.29 is 4.79 Å². The van der Waals surface area contributed by atoms with Gasteiger partial charge in [-0.05, 0) is 43.5 Å². The van der Waals surface area contributed by atoms with Crippen molar-refractivity contribution in [3.63, 3.8) is 0 Å². The number of amides is 1. The van der Waals surface area contributed by atoms with Crippen LogP contribution < -0.4 is 0 Å². The third-order valence-electron chi connectivity index (χ3n) is 4.54. The van der Waals surface area contributed by atoms with Crippen LogP contribution in [0.2, 0.25) is 5.02 Å². The van der Waals surface area contributed by atoms with Gasteiger partial charge >= 0.3 is 0 Å². The molecular weight excluding hydrogens is 340 g/mol. The Hall–Kier alpha value is -1.23. The van der Waals surface area contributed by atoms with Crippen molar-refractivity contribution in [1.29, 1.82) is 0 Å². The summed E-state index contributed by atoms with van der Waals surface area (Å²) >= 11 is 7.92. The van der Waals surface area contributed by atoms with E-state index < -0.39 is 0 Å². The number of hydrogen-bond donors (Lipinski definition) is 0. The normalized spacial score (nSPS) is 15.1. The molecule has 3 rings (SSSR count). The Kier molecular flexibility index (Phi) is 6.04. The summed E-state index contributed by atoms with van der Waals surface area (Å²) < 4.78 is 0. The molecule has 128 valence electrons. The highest BCUT2D eigenvalue weighted by Gasteiger charge is 2.15. The Morgan fingerprint density at radius 2 is 1.92 bits per heavy atom. The molecule has 5 heteroatoms.